The molecule has 0 spiro atoms. The van der Waals surface area contributed by atoms with Gasteiger partial charge in [-0.15, -0.1) is 35.8 Å². The van der Waals surface area contributed by atoms with E-state index in [1.807, 2.05) is 0 Å². The van der Waals surface area contributed by atoms with Gasteiger partial charge < -0.3 is 10.8 Å². The topological polar surface area (TPSA) is 83.6 Å². The summed E-state index contributed by atoms with van der Waals surface area (Å²) in [6.45, 7) is 0. The molecular formula is C8H10Cl2N2O3S. The summed E-state index contributed by atoms with van der Waals surface area (Å²) in [7, 11) is 0. The summed E-state index contributed by atoms with van der Waals surface area (Å²) in [5.74, 6) is -0.809. The van der Waals surface area contributed by atoms with Crippen LogP contribution in [0, 0.1) is 0 Å². The van der Waals surface area contributed by atoms with E-state index in [-0.39, 0.29) is 35.3 Å². The number of hydrogen-bond acceptors (Lipinski definition) is 4. The highest BCUT2D eigenvalue weighted by atomic mass is 35.5. The molecule has 0 aliphatic carbocycles. The molecule has 1 fully saturated rings. The van der Waals surface area contributed by atoms with Crippen molar-refractivity contribution in [3.63, 3.8) is 0 Å². The summed E-state index contributed by atoms with van der Waals surface area (Å²) in [5, 5.41) is 8.77. The molecular weight excluding hydrogens is 275 g/mol. The van der Waals surface area contributed by atoms with Crippen molar-refractivity contribution < 1.29 is 14.7 Å². The summed E-state index contributed by atoms with van der Waals surface area (Å²) < 4.78 is 0. The molecule has 2 aliphatic heterocycles. The van der Waals surface area contributed by atoms with E-state index in [1.54, 1.807) is 0 Å². The first-order chi connectivity index (χ1) is 7.07. The van der Waals surface area contributed by atoms with Crippen LogP contribution < -0.4 is 5.73 Å². The van der Waals surface area contributed by atoms with Crippen LogP contribution in [0.5, 0.6) is 0 Å². The summed E-state index contributed by atoms with van der Waals surface area (Å²) in [5.41, 5.74) is 6.15. The van der Waals surface area contributed by atoms with E-state index < -0.39 is 12.0 Å². The van der Waals surface area contributed by atoms with Gasteiger partial charge in [0.25, 0.3) is 0 Å². The van der Waals surface area contributed by atoms with Crippen LogP contribution in [-0.4, -0.2) is 44.9 Å². The van der Waals surface area contributed by atoms with Crippen molar-refractivity contribution in [2.45, 2.75) is 11.4 Å². The summed E-state index contributed by atoms with van der Waals surface area (Å²) in [6, 6.07) is -0.582. The first-order valence-electron chi connectivity index (χ1n) is 4.29. The number of carbonyl (C=O) groups excluding carboxylic acids is 1. The van der Waals surface area contributed by atoms with Crippen molar-refractivity contribution in [1.29, 1.82) is 0 Å². The van der Waals surface area contributed by atoms with Gasteiger partial charge in [-0.25, -0.2) is 4.79 Å². The van der Waals surface area contributed by atoms with Crippen molar-refractivity contribution in [3.8, 4) is 0 Å². The maximum absolute atomic E-state index is 11.4. The van der Waals surface area contributed by atoms with Crippen LogP contribution >= 0.6 is 35.8 Å². The molecule has 1 amide bonds. The molecule has 2 atom stereocenters. The number of rotatable bonds is 2. The summed E-state index contributed by atoms with van der Waals surface area (Å²) >= 11 is 7.09. The maximum atomic E-state index is 11.4. The minimum atomic E-state index is -1.11. The molecule has 2 heterocycles. The number of amides is 1. The molecule has 2 unspecified atom stereocenters. The second kappa shape index (κ2) is 4.83. The quantitative estimate of drug-likeness (QED) is 0.560. The normalized spacial score (nSPS) is 28.1. The van der Waals surface area contributed by atoms with Crippen molar-refractivity contribution in [2.24, 2.45) is 5.73 Å². The highest BCUT2D eigenvalue weighted by Crippen LogP contribution is 2.39. The van der Waals surface area contributed by atoms with E-state index in [0.717, 1.165) is 0 Å². The predicted octanol–water partition coefficient (Wildman–Crippen LogP) is 0.228. The Morgan fingerprint density at radius 2 is 2.31 bits per heavy atom. The number of hydrogen-bond donors (Lipinski definition) is 2. The Hall–Kier alpha value is -0.430. The minimum Gasteiger partial charge on any atom is -0.477 e. The number of halogens is 2. The molecule has 1 saturated heterocycles. The Morgan fingerprint density at radius 1 is 1.69 bits per heavy atom. The van der Waals surface area contributed by atoms with Gasteiger partial charge in [-0.1, -0.05) is 0 Å². The lowest BCUT2D eigenvalue weighted by Crippen LogP contribution is -2.68. The molecule has 3 N–H and O–H groups in total. The Kier molecular flexibility index (Phi) is 4.12. The number of fused-ring (bicyclic) bond motifs is 1. The third-order valence-electron chi connectivity index (χ3n) is 2.45. The fraction of sp³-hybridized carbons (Fsp3) is 0.500. The van der Waals surface area contributed by atoms with Crippen molar-refractivity contribution >= 4 is 47.6 Å². The molecule has 0 aromatic carbocycles. The molecule has 0 aromatic rings. The van der Waals surface area contributed by atoms with Crippen LogP contribution in [0.4, 0.5) is 0 Å². The van der Waals surface area contributed by atoms with Crippen molar-refractivity contribution in [2.75, 3.05) is 11.6 Å². The number of carbonyl (C=O) groups is 2. The lowest BCUT2D eigenvalue weighted by atomic mass is 10.0. The first kappa shape index (κ1) is 13.6. The largest absolute Gasteiger partial charge is 0.477 e. The zero-order chi connectivity index (χ0) is 11.2. The Bertz CT molecular complexity index is 374. The fourth-order valence-corrected chi connectivity index (χ4v) is 3.31. The lowest BCUT2D eigenvalue weighted by Gasteiger charge is -2.47. The van der Waals surface area contributed by atoms with E-state index in [0.29, 0.717) is 11.3 Å². The molecule has 0 bridgehead atoms. The van der Waals surface area contributed by atoms with Crippen LogP contribution in [-0.2, 0) is 9.59 Å². The molecule has 16 heavy (non-hydrogen) atoms. The molecule has 8 heteroatoms. The van der Waals surface area contributed by atoms with Gasteiger partial charge in [0, 0.05) is 11.6 Å². The SMILES string of the molecule is Cl.NC1C(=O)N2C(C(=O)O)=C(CCl)CSC12. The first-order valence-corrected chi connectivity index (χ1v) is 5.87. The van der Waals surface area contributed by atoms with Gasteiger partial charge in [0.15, 0.2) is 0 Å². The third-order valence-corrected chi connectivity index (χ3v) is 4.14. The second-order valence-corrected chi connectivity index (χ2v) is 4.70. The number of aliphatic carboxylic acids is 1. The van der Waals surface area contributed by atoms with Gasteiger partial charge in [-0.3, -0.25) is 9.69 Å². The monoisotopic (exact) mass is 284 g/mol. The molecule has 2 aliphatic rings. The molecule has 2 rings (SSSR count). The number of alkyl halides is 1. The van der Waals surface area contributed by atoms with Crippen LogP contribution in [0.2, 0.25) is 0 Å². The Balaban J connectivity index is 0.00000128. The molecule has 90 valence electrons. The van der Waals surface area contributed by atoms with Gasteiger partial charge in [-0.05, 0) is 5.57 Å². The van der Waals surface area contributed by atoms with Crippen LogP contribution in [0.3, 0.4) is 0 Å². The highest BCUT2D eigenvalue weighted by Gasteiger charge is 2.51. The van der Waals surface area contributed by atoms with E-state index >= 15 is 0 Å². The average Bonchev–Trinajstić information content (AvgIpc) is 2.25. The van der Waals surface area contributed by atoms with Crippen LogP contribution in [0.25, 0.3) is 0 Å². The number of carboxylic acid groups (broad SMARTS) is 1. The smallest absolute Gasteiger partial charge is 0.352 e. The Labute approximate surface area is 107 Å². The number of nitrogens with zero attached hydrogens (tertiary/aromatic N) is 1. The standard InChI is InChI=1S/C8H9ClN2O3S.ClH/c9-1-3-2-15-7-4(10)6(12)11(7)5(3)8(13)14;/h4,7H,1-2,10H2,(H,13,14);1H. The third kappa shape index (κ3) is 1.79. The van der Waals surface area contributed by atoms with Crippen molar-refractivity contribution in [1.82, 2.24) is 4.90 Å². The lowest BCUT2D eigenvalue weighted by molar-refractivity contribution is -0.147. The van der Waals surface area contributed by atoms with E-state index in [4.69, 9.17) is 22.4 Å². The fourth-order valence-electron chi connectivity index (χ4n) is 1.68. The van der Waals surface area contributed by atoms with E-state index in [1.165, 1.54) is 16.7 Å². The van der Waals surface area contributed by atoms with Crippen LogP contribution in [0.1, 0.15) is 0 Å². The van der Waals surface area contributed by atoms with Gasteiger partial charge in [0.1, 0.15) is 17.1 Å². The number of carboxylic acids is 1. The predicted molar refractivity (Wildman–Crippen MR) is 63.7 cm³/mol. The zero-order valence-corrected chi connectivity index (χ0v) is 10.4. The van der Waals surface area contributed by atoms with Gasteiger partial charge >= 0.3 is 5.97 Å². The van der Waals surface area contributed by atoms with Crippen LogP contribution in [0.15, 0.2) is 11.3 Å². The number of nitrogens with two attached hydrogens (primary N) is 1. The molecule has 0 aromatic heterocycles. The maximum Gasteiger partial charge on any atom is 0.352 e. The average molecular weight is 285 g/mol. The summed E-state index contributed by atoms with van der Waals surface area (Å²) in [6.07, 6.45) is 0. The van der Waals surface area contributed by atoms with E-state index in [9.17, 15) is 9.59 Å². The Morgan fingerprint density at radius 3 is 2.81 bits per heavy atom. The number of thioether (sulfide) groups is 1. The van der Waals surface area contributed by atoms with Gasteiger partial charge in [-0.2, -0.15) is 0 Å². The molecule has 0 saturated carbocycles. The minimum absolute atomic E-state index is 0. The van der Waals surface area contributed by atoms with E-state index in [2.05, 4.69) is 0 Å². The van der Waals surface area contributed by atoms with Crippen molar-refractivity contribution in [3.05, 3.63) is 11.3 Å². The zero-order valence-electron chi connectivity index (χ0n) is 8.05. The number of β-lactam (4-membered cyclic amide) rings is 1. The summed E-state index contributed by atoms with van der Waals surface area (Å²) in [4.78, 5) is 23.7. The second-order valence-electron chi connectivity index (χ2n) is 3.33. The van der Waals surface area contributed by atoms with Gasteiger partial charge in [0.05, 0.1) is 0 Å². The highest BCUT2D eigenvalue weighted by molar-refractivity contribution is 8.00. The van der Waals surface area contributed by atoms with Gasteiger partial charge in [0.2, 0.25) is 5.91 Å². The molecule has 5 nitrogen and oxygen atoms in total. The molecule has 0 radical (unpaired) electrons.